The van der Waals surface area contributed by atoms with Crippen LogP contribution in [0, 0.1) is 0 Å². The third-order valence-corrected chi connectivity index (χ3v) is 5.08. The van der Waals surface area contributed by atoms with E-state index < -0.39 is 5.91 Å². The molecule has 4 rings (SSSR count). The van der Waals surface area contributed by atoms with Crippen LogP contribution < -0.4 is 15.4 Å². The zero-order valence-electron chi connectivity index (χ0n) is 15.1. The highest BCUT2D eigenvalue weighted by Gasteiger charge is 2.30. The van der Waals surface area contributed by atoms with Crippen LogP contribution in [0.5, 0.6) is 5.75 Å². The maximum atomic E-state index is 12.6. The molecule has 2 amide bonds. The lowest BCUT2D eigenvalue weighted by molar-refractivity contribution is 0.0767. The summed E-state index contributed by atoms with van der Waals surface area (Å²) in [6.45, 7) is 3.10. The van der Waals surface area contributed by atoms with Crippen LogP contribution in [-0.4, -0.2) is 59.0 Å². The lowest BCUT2D eigenvalue weighted by Gasteiger charge is -2.22. The van der Waals surface area contributed by atoms with Crippen molar-refractivity contribution in [2.45, 2.75) is 25.4 Å². The molecule has 142 valence electrons. The summed E-state index contributed by atoms with van der Waals surface area (Å²) in [5.74, 6) is 0.948. The molecular weight excluding hydrogens is 346 g/mol. The van der Waals surface area contributed by atoms with E-state index >= 15 is 0 Å². The number of amides is 2. The van der Waals surface area contributed by atoms with Gasteiger partial charge in [-0.25, -0.2) is 4.98 Å². The maximum Gasteiger partial charge on any atom is 0.270 e. The topological polar surface area (TPSA) is 105 Å². The fourth-order valence-corrected chi connectivity index (χ4v) is 3.66. The standard InChI is InChI=1S/C19H23N5O3/c20-17(25)13-10-15(22-11-13)19(26)24-9-5-14(12-24)27-16-4-3-6-21-18(16)23-7-1-2-8-23/h3-4,6,10-11,14,22H,1-2,5,7-9,12H2,(H2,20,25). The predicted molar refractivity (Wildman–Crippen MR) is 99.9 cm³/mol. The fourth-order valence-electron chi connectivity index (χ4n) is 3.66. The molecule has 2 saturated heterocycles. The van der Waals surface area contributed by atoms with Crippen molar-refractivity contribution in [3.8, 4) is 5.75 Å². The number of rotatable bonds is 5. The normalized spacial score (nSPS) is 19.5. The molecule has 0 aliphatic carbocycles. The van der Waals surface area contributed by atoms with E-state index in [1.807, 2.05) is 12.1 Å². The fraction of sp³-hybridized carbons (Fsp3) is 0.421. The van der Waals surface area contributed by atoms with Crippen LogP contribution in [0.25, 0.3) is 0 Å². The Balaban J connectivity index is 1.41. The van der Waals surface area contributed by atoms with Crippen molar-refractivity contribution >= 4 is 17.6 Å². The number of likely N-dealkylation sites (tertiary alicyclic amines) is 1. The zero-order chi connectivity index (χ0) is 18.8. The average molecular weight is 369 g/mol. The molecule has 2 aliphatic rings. The second-order valence-corrected chi connectivity index (χ2v) is 6.97. The van der Waals surface area contributed by atoms with Crippen molar-refractivity contribution in [3.63, 3.8) is 0 Å². The molecule has 8 nitrogen and oxygen atoms in total. The van der Waals surface area contributed by atoms with Crippen LogP contribution >= 0.6 is 0 Å². The summed E-state index contributed by atoms with van der Waals surface area (Å²) >= 11 is 0. The molecule has 2 aromatic rings. The number of nitrogens with one attached hydrogen (secondary N) is 1. The van der Waals surface area contributed by atoms with E-state index in [1.165, 1.54) is 25.1 Å². The minimum Gasteiger partial charge on any atom is -0.485 e. The number of pyridine rings is 1. The summed E-state index contributed by atoms with van der Waals surface area (Å²) in [5.41, 5.74) is 5.91. The van der Waals surface area contributed by atoms with Crippen LogP contribution in [0.4, 0.5) is 5.82 Å². The first-order valence-corrected chi connectivity index (χ1v) is 9.26. The van der Waals surface area contributed by atoms with E-state index in [4.69, 9.17) is 10.5 Å². The minimum atomic E-state index is -0.557. The second kappa shape index (κ2) is 7.30. The van der Waals surface area contributed by atoms with Gasteiger partial charge >= 0.3 is 0 Å². The number of nitrogens with two attached hydrogens (primary N) is 1. The van der Waals surface area contributed by atoms with E-state index in [9.17, 15) is 9.59 Å². The Labute approximate surface area is 157 Å². The van der Waals surface area contributed by atoms with Gasteiger partial charge in [0.15, 0.2) is 11.6 Å². The van der Waals surface area contributed by atoms with E-state index in [0.717, 1.165) is 31.1 Å². The summed E-state index contributed by atoms with van der Waals surface area (Å²) in [6.07, 6.45) is 6.26. The van der Waals surface area contributed by atoms with Crippen molar-refractivity contribution in [2.24, 2.45) is 5.73 Å². The number of primary amides is 1. The first-order chi connectivity index (χ1) is 13.1. The Hall–Kier alpha value is -3.03. The van der Waals surface area contributed by atoms with Gasteiger partial charge < -0.3 is 25.3 Å². The highest BCUT2D eigenvalue weighted by atomic mass is 16.5. The molecule has 1 unspecified atom stereocenters. The van der Waals surface area contributed by atoms with Gasteiger partial charge in [-0.3, -0.25) is 9.59 Å². The van der Waals surface area contributed by atoms with Gasteiger partial charge in [0.2, 0.25) is 5.91 Å². The van der Waals surface area contributed by atoms with E-state index in [0.29, 0.717) is 24.3 Å². The third-order valence-electron chi connectivity index (χ3n) is 5.08. The monoisotopic (exact) mass is 369 g/mol. The molecular formula is C19H23N5O3. The number of nitrogens with zero attached hydrogens (tertiary/aromatic N) is 3. The number of H-pyrrole nitrogens is 1. The van der Waals surface area contributed by atoms with Gasteiger partial charge in [-0.2, -0.15) is 0 Å². The Morgan fingerprint density at radius 2 is 2.07 bits per heavy atom. The first kappa shape index (κ1) is 17.4. The highest BCUT2D eigenvalue weighted by molar-refractivity contribution is 5.98. The van der Waals surface area contributed by atoms with Crippen molar-refractivity contribution in [1.82, 2.24) is 14.9 Å². The Kier molecular flexibility index (Phi) is 4.70. The molecule has 0 spiro atoms. The lowest BCUT2D eigenvalue weighted by atomic mass is 10.3. The van der Waals surface area contributed by atoms with Gasteiger partial charge in [0.25, 0.3) is 5.91 Å². The zero-order valence-corrected chi connectivity index (χ0v) is 15.1. The highest BCUT2D eigenvalue weighted by Crippen LogP contribution is 2.30. The van der Waals surface area contributed by atoms with Crippen molar-refractivity contribution in [1.29, 1.82) is 0 Å². The molecule has 1 atom stereocenters. The van der Waals surface area contributed by atoms with E-state index in [-0.39, 0.29) is 12.0 Å². The molecule has 0 aromatic carbocycles. The van der Waals surface area contributed by atoms with Gasteiger partial charge in [-0.05, 0) is 31.0 Å². The van der Waals surface area contributed by atoms with Gasteiger partial charge in [0.05, 0.1) is 12.1 Å². The van der Waals surface area contributed by atoms with Gasteiger partial charge in [-0.1, -0.05) is 0 Å². The molecule has 3 N–H and O–H groups in total. The smallest absolute Gasteiger partial charge is 0.270 e. The molecule has 0 radical (unpaired) electrons. The molecule has 2 aliphatic heterocycles. The molecule has 0 bridgehead atoms. The number of hydrogen-bond donors (Lipinski definition) is 2. The van der Waals surface area contributed by atoms with Crippen LogP contribution in [0.15, 0.2) is 30.6 Å². The van der Waals surface area contributed by atoms with Crippen molar-refractivity contribution in [2.75, 3.05) is 31.1 Å². The van der Waals surface area contributed by atoms with Crippen molar-refractivity contribution in [3.05, 3.63) is 41.9 Å². The van der Waals surface area contributed by atoms with Crippen LogP contribution in [0.3, 0.4) is 0 Å². The van der Waals surface area contributed by atoms with E-state index in [1.54, 1.807) is 11.1 Å². The average Bonchev–Trinajstić information content (AvgIpc) is 3.42. The summed E-state index contributed by atoms with van der Waals surface area (Å²) < 4.78 is 6.20. The number of ether oxygens (including phenoxy) is 1. The third kappa shape index (κ3) is 3.60. The number of aromatic amines is 1. The van der Waals surface area contributed by atoms with Crippen LogP contribution in [0.2, 0.25) is 0 Å². The summed E-state index contributed by atoms with van der Waals surface area (Å²) in [5, 5.41) is 0. The van der Waals surface area contributed by atoms with Gasteiger partial charge in [0, 0.05) is 38.4 Å². The Morgan fingerprint density at radius 1 is 1.26 bits per heavy atom. The molecule has 2 aromatic heterocycles. The Morgan fingerprint density at radius 3 is 2.81 bits per heavy atom. The number of hydrogen-bond acceptors (Lipinski definition) is 5. The summed E-state index contributed by atoms with van der Waals surface area (Å²) in [4.78, 5) is 35.1. The van der Waals surface area contributed by atoms with Gasteiger partial charge in [0.1, 0.15) is 11.8 Å². The van der Waals surface area contributed by atoms with E-state index in [2.05, 4.69) is 14.9 Å². The number of aromatic nitrogens is 2. The predicted octanol–water partition coefficient (Wildman–Crippen LogP) is 1.40. The molecule has 2 fully saturated rings. The molecule has 4 heterocycles. The first-order valence-electron chi connectivity index (χ1n) is 9.26. The number of carbonyl (C=O) groups excluding carboxylic acids is 2. The maximum absolute atomic E-state index is 12.6. The summed E-state index contributed by atoms with van der Waals surface area (Å²) in [6, 6.07) is 5.30. The minimum absolute atomic E-state index is 0.0786. The summed E-state index contributed by atoms with van der Waals surface area (Å²) in [7, 11) is 0. The van der Waals surface area contributed by atoms with Crippen LogP contribution in [-0.2, 0) is 0 Å². The quantitative estimate of drug-likeness (QED) is 0.829. The van der Waals surface area contributed by atoms with Crippen molar-refractivity contribution < 1.29 is 14.3 Å². The second-order valence-electron chi connectivity index (χ2n) is 6.97. The molecule has 27 heavy (non-hydrogen) atoms. The Bertz CT molecular complexity index is 843. The number of carbonyl (C=O) groups is 2. The molecule has 8 heteroatoms. The SMILES string of the molecule is NC(=O)c1c[nH]c(C(=O)N2CCC(Oc3cccnc3N3CCCC3)C2)c1. The lowest BCUT2D eigenvalue weighted by Crippen LogP contribution is -2.31. The molecule has 0 saturated carbocycles. The largest absolute Gasteiger partial charge is 0.485 e. The van der Waals surface area contributed by atoms with Gasteiger partial charge in [-0.15, -0.1) is 0 Å². The number of anilines is 1. The van der Waals surface area contributed by atoms with Crippen LogP contribution in [0.1, 0.15) is 40.1 Å².